The van der Waals surface area contributed by atoms with Crippen LogP contribution in [0, 0.1) is 6.92 Å². The van der Waals surface area contributed by atoms with Crippen molar-refractivity contribution in [2.45, 2.75) is 25.3 Å². The number of rotatable bonds is 2. The predicted molar refractivity (Wildman–Crippen MR) is 56.4 cm³/mol. The Labute approximate surface area is 87.5 Å². The van der Waals surface area contributed by atoms with Gasteiger partial charge in [0.05, 0.1) is 10.7 Å². The Hall–Kier alpha value is -0.120. The molecule has 0 aliphatic carbocycles. The fraction of sp³-hybridized carbons (Fsp3) is 0.667. The van der Waals surface area contributed by atoms with Gasteiger partial charge in [0.15, 0.2) is 0 Å². The second kappa shape index (κ2) is 3.95. The molecule has 1 aromatic heterocycles. The molecule has 0 aromatic carbocycles. The van der Waals surface area contributed by atoms with E-state index in [0.717, 1.165) is 31.1 Å². The number of aryl methyl sites for hydroxylation is 1. The summed E-state index contributed by atoms with van der Waals surface area (Å²) in [6, 6.07) is 0. The molecule has 1 saturated heterocycles. The van der Waals surface area contributed by atoms with Gasteiger partial charge in [0, 0.05) is 30.4 Å². The molecule has 1 fully saturated rings. The molecule has 0 spiro atoms. The lowest BCUT2D eigenvalue weighted by Gasteiger charge is -2.12. The van der Waals surface area contributed by atoms with Crippen LogP contribution < -0.4 is 0 Å². The molecule has 2 rings (SSSR count). The maximum atomic E-state index is 6.02. The van der Waals surface area contributed by atoms with Crippen molar-refractivity contribution in [1.82, 2.24) is 9.88 Å². The first kappa shape index (κ1) is 9.44. The Bertz CT molecular complexity index is 287. The second-order valence-electron chi connectivity index (χ2n) is 3.48. The van der Waals surface area contributed by atoms with Crippen LogP contribution in [0.1, 0.15) is 17.1 Å². The van der Waals surface area contributed by atoms with E-state index in [-0.39, 0.29) is 0 Å². The van der Waals surface area contributed by atoms with Gasteiger partial charge in [-0.1, -0.05) is 0 Å². The summed E-state index contributed by atoms with van der Waals surface area (Å²) in [4.78, 5) is 6.80. The lowest BCUT2D eigenvalue weighted by atomic mass is 10.4. The monoisotopic (exact) mass is 216 g/mol. The van der Waals surface area contributed by atoms with E-state index in [2.05, 4.69) is 15.3 Å². The minimum absolute atomic E-state index is 0.347. The molecule has 4 heteroatoms. The van der Waals surface area contributed by atoms with E-state index in [1.807, 2.05) is 6.92 Å². The van der Waals surface area contributed by atoms with E-state index in [1.165, 1.54) is 5.69 Å². The van der Waals surface area contributed by atoms with Crippen LogP contribution in [0.5, 0.6) is 0 Å². The number of alkyl halides is 1. The van der Waals surface area contributed by atoms with E-state index in [0.29, 0.717) is 5.38 Å². The van der Waals surface area contributed by atoms with Crippen molar-refractivity contribution in [3.05, 3.63) is 16.1 Å². The molecule has 1 aliphatic heterocycles. The number of hydrogen-bond donors (Lipinski definition) is 0. The SMILES string of the molecule is Cc1nc(CN2CCC(Cl)C2)cs1. The van der Waals surface area contributed by atoms with Crippen molar-refractivity contribution in [3.8, 4) is 0 Å². The summed E-state index contributed by atoms with van der Waals surface area (Å²) in [5, 5.41) is 3.63. The van der Waals surface area contributed by atoms with Crippen LogP contribution in [0.3, 0.4) is 0 Å². The Kier molecular flexibility index (Phi) is 2.86. The Balaban J connectivity index is 1.91. The summed E-state index contributed by atoms with van der Waals surface area (Å²) >= 11 is 7.74. The highest BCUT2D eigenvalue weighted by atomic mass is 35.5. The first-order valence-corrected chi connectivity index (χ1v) is 5.83. The maximum absolute atomic E-state index is 6.02. The maximum Gasteiger partial charge on any atom is 0.0897 e. The molecule has 1 unspecified atom stereocenters. The molecule has 0 N–H and O–H groups in total. The molecule has 0 saturated carbocycles. The third-order valence-electron chi connectivity index (χ3n) is 2.27. The normalized spacial score (nSPS) is 24.0. The first-order chi connectivity index (χ1) is 6.24. The fourth-order valence-electron chi connectivity index (χ4n) is 1.64. The van der Waals surface area contributed by atoms with Crippen LogP contribution >= 0.6 is 22.9 Å². The highest BCUT2D eigenvalue weighted by Gasteiger charge is 2.20. The van der Waals surface area contributed by atoms with E-state index >= 15 is 0 Å². The van der Waals surface area contributed by atoms with E-state index < -0.39 is 0 Å². The second-order valence-corrected chi connectivity index (χ2v) is 5.16. The highest BCUT2D eigenvalue weighted by molar-refractivity contribution is 7.09. The summed E-state index contributed by atoms with van der Waals surface area (Å²) in [6.07, 6.45) is 1.12. The zero-order valence-corrected chi connectivity index (χ0v) is 9.24. The molecule has 0 bridgehead atoms. The summed E-state index contributed by atoms with van der Waals surface area (Å²) in [7, 11) is 0. The van der Waals surface area contributed by atoms with Gasteiger partial charge in [-0.2, -0.15) is 0 Å². The van der Waals surface area contributed by atoms with Gasteiger partial charge in [-0.05, 0) is 13.3 Å². The molecule has 13 heavy (non-hydrogen) atoms. The van der Waals surface area contributed by atoms with Crippen molar-refractivity contribution in [2.24, 2.45) is 0 Å². The van der Waals surface area contributed by atoms with Gasteiger partial charge in [0.25, 0.3) is 0 Å². The number of halogens is 1. The van der Waals surface area contributed by atoms with Crippen LogP contribution in [0.15, 0.2) is 5.38 Å². The molecule has 2 heterocycles. The number of nitrogens with zero attached hydrogens (tertiary/aromatic N) is 2. The zero-order valence-electron chi connectivity index (χ0n) is 7.66. The van der Waals surface area contributed by atoms with Gasteiger partial charge in [0.2, 0.25) is 0 Å². The number of likely N-dealkylation sites (tertiary alicyclic amines) is 1. The lowest BCUT2D eigenvalue weighted by Crippen LogP contribution is -2.20. The van der Waals surface area contributed by atoms with Gasteiger partial charge >= 0.3 is 0 Å². The first-order valence-electron chi connectivity index (χ1n) is 4.51. The largest absolute Gasteiger partial charge is 0.296 e. The lowest BCUT2D eigenvalue weighted by molar-refractivity contribution is 0.328. The van der Waals surface area contributed by atoms with Crippen molar-refractivity contribution >= 4 is 22.9 Å². The molecule has 2 nitrogen and oxygen atoms in total. The number of thiazole rings is 1. The third kappa shape index (κ3) is 2.42. The highest BCUT2D eigenvalue weighted by Crippen LogP contribution is 2.18. The summed E-state index contributed by atoms with van der Waals surface area (Å²) in [5.41, 5.74) is 1.19. The molecular formula is C9H13ClN2S. The van der Waals surface area contributed by atoms with E-state index in [4.69, 9.17) is 11.6 Å². The minimum atomic E-state index is 0.347. The van der Waals surface area contributed by atoms with Crippen LogP contribution in [0.25, 0.3) is 0 Å². The van der Waals surface area contributed by atoms with E-state index in [1.54, 1.807) is 11.3 Å². The van der Waals surface area contributed by atoms with Crippen LogP contribution in [0.4, 0.5) is 0 Å². The Morgan fingerprint density at radius 3 is 3.15 bits per heavy atom. The average Bonchev–Trinajstić information content (AvgIpc) is 2.62. The smallest absolute Gasteiger partial charge is 0.0897 e. The quantitative estimate of drug-likeness (QED) is 0.706. The van der Waals surface area contributed by atoms with Crippen molar-refractivity contribution in [3.63, 3.8) is 0 Å². The predicted octanol–water partition coefficient (Wildman–Crippen LogP) is 2.26. The number of aromatic nitrogens is 1. The third-order valence-corrected chi connectivity index (χ3v) is 3.45. The fourth-order valence-corrected chi connectivity index (χ4v) is 2.54. The molecule has 72 valence electrons. The molecular weight excluding hydrogens is 204 g/mol. The number of hydrogen-bond acceptors (Lipinski definition) is 3. The summed E-state index contributed by atoms with van der Waals surface area (Å²) < 4.78 is 0. The Morgan fingerprint density at radius 1 is 1.77 bits per heavy atom. The van der Waals surface area contributed by atoms with Gasteiger partial charge in [-0.3, -0.25) is 4.90 Å². The van der Waals surface area contributed by atoms with Crippen LogP contribution in [0.2, 0.25) is 0 Å². The average molecular weight is 217 g/mol. The van der Waals surface area contributed by atoms with Crippen LogP contribution in [-0.2, 0) is 6.54 Å². The summed E-state index contributed by atoms with van der Waals surface area (Å²) in [6.45, 7) is 5.14. The zero-order chi connectivity index (χ0) is 9.26. The summed E-state index contributed by atoms with van der Waals surface area (Å²) in [5.74, 6) is 0. The van der Waals surface area contributed by atoms with Crippen molar-refractivity contribution in [1.29, 1.82) is 0 Å². The van der Waals surface area contributed by atoms with Gasteiger partial charge in [-0.15, -0.1) is 22.9 Å². The van der Waals surface area contributed by atoms with Crippen molar-refractivity contribution < 1.29 is 0 Å². The van der Waals surface area contributed by atoms with Gasteiger partial charge in [0.1, 0.15) is 0 Å². The minimum Gasteiger partial charge on any atom is -0.296 e. The van der Waals surface area contributed by atoms with Crippen LogP contribution in [-0.4, -0.2) is 28.4 Å². The van der Waals surface area contributed by atoms with E-state index in [9.17, 15) is 0 Å². The van der Waals surface area contributed by atoms with Gasteiger partial charge < -0.3 is 0 Å². The topological polar surface area (TPSA) is 16.1 Å². The van der Waals surface area contributed by atoms with Crippen molar-refractivity contribution in [2.75, 3.05) is 13.1 Å². The molecule has 0 radical (unpaired) electrons. The molecule has 0 amide bonds. The Morgan fingerprint density at radius 2 is 2.62 bits per heavy atom. The molecule has 1 aliphatic rings. The molecule has 1 atom stereocenters. The molecule has 1 aromatic rings. The van der Waals surface area contributed by atoms with Gasteiger partial charge in [-0.25, -0.2) is 4.98 Å². The standard InChI is InChI=1S/C9H13ClN2S/c1-7-11-9(6-13-7)5-12-3-2-8(10)4-12/h6,8H,2-5H2,1H3.